The van der Waals surface area contributed by atoms with E-state index in [2.05, 4.69) is 33.2 Å². The molecule has 1 aromatic heterocycles. The maximum Gasteiger partial charge on any atom is 0.408 e. The van der Waals surface area contributed by atoms with Gasteiger partial charge in [-0.15, -0.1) is 0 Å². The van der Waals surface area contributed by atoms with Crippen molar-refractivity contribution in [3.63, 3.8) is 0 Å². The predicted octanol–water partition coefficient (Wildman–Crippen LogP) is 8.80. The normalized spacial score (nSPS) is 12.4. The molecule has 0 bridgehead atoms. The topological polar surface area (TPSA) is 215 Å². The highest BCUT2D eigenvalue weighted by atomic mass is 127. The van der Waals surface area contributed by atoms with Gasteiger partial charge in [0.2, 0.25) is 5.76 Å². The van der Waals surface area contributed by atoms with Crippen LogP contribution in [0.25, 0.3) is 0 Å². The van der Waals surface area contributed by atoms with Crippen LogP contribution in [-0.4, -0.2) is 71.1 Å². The molecule has 0 radical (unpaired) electrons. The SMILES string of the molecule is CC[C@H](C)[C@H](NC(=O)OCc1ccccc1)C(=O)OCCOc1ccc(C(=O)O)c(CI)c1.CC[C@H](C)[C@H](NC(=O)OCc1ccccc1)C(=O)OCc1ccc(C(=O)OCI)o1. The first-order chi connectivity index (χ1) is 30.3. The highest BCUT2D eigenvalue weighted by Gasteiger charge is 2.29. The molecule has 0 saturated heterocycles. The number of carboxylic acid groups (broad SMARTS) is 1. The van der Waals surface area contributed by atoms with Crippen LogP contribution in [0.2, 0.25) is 0 Å². The summed E-state index contributed by atoms with van der Waals surface area (Å²) in [6.07, 6.45) is -0.0964. The van der Waals surface area contributed by atoms with Crippen molar-refractivity contribution in [3.05, 3.63) is 125 Å². The third-order valence-corrected chi connectivity index (χ3v) is 10.5. The van der Waals surface area contributed by atoms with Crippen molar-refractivity contribution < 1.29 is 66.7 Å². The van der Waals surface area contributed by atoms with Gasteiger partial charge in [-0.1, -0.05) is 124 Å². The Labute approximate surface area is 393 Å². The summed E-state index contributed by atoms with van der Waals surface area (Å²) in [5.74, 6) is -2.30. The van der Waals surface area contributed by atoms with Crippen molar-refractivity contribution in [2.75, 3.05) is 17.8 Å². The first-order valence-corrected chi connectivity index (χ1v) is 23.0. The van der Waals surface area contributed by atoms with Crippen LogP contribution in [0.1, 0.15) is 83.9 Å². The van der Waals surface area contributed by atoms with E-state index in [-0.39, 0.29) is 60.8 Å². The summed E-state index contributed by atoms with van der Waals surface area (Å²) in [5.41, 5.74) is 2.55. The second-order valence-electron chi connectivity index (χ2n) is 13.8. The average molecular weight is 1100 g/mol. The largest absolute Gasteiger partial charge is 0.490 e. The zero-order chi connectivity index (χ0) is 46.1. The standard InChI is InChI=1S/C24H28INO7.C21H24INO7/c1-3-16(2)21(26-24(30)33-15-17-7-5-4-6-8-17)23(29)32-12-11-31-19-9-10-20(22(27)28)18(13-19)14-25;1-3-14(2)18(23-21(26)28-11-15-7-5-4-6-8-15)20(25)27-12-16-9-10-17(30-16)19(24)29-13-22/h4-10,13,16,21H,3,11-12,14-15H2,1-2H3,(H,26,30)(H,27,28);4-10,14,18H,3,11-13H2,1-2H3,(H,23,26)/t16-,21-;14-,18-/m00/s1. The second-order valence-corrected chi connectivity index (χ2v) is 15.2. The maximum absolute atomic E-state index is 12.6. The van der Waals surface area contributed by atoms with Gasteiger partial charge in [0, 0.05) is 4.43 Å². The number of hydrogen-bond acceptors (Lipinski definition) is 13. The first-order valence-electron chi connectivity index (χ1n) is 19.9. The zero-order valence-electron chi connectivity index (χ0n) is 35.3. The van der Waals surface area contributed by atoms with E-state index >= 15 is 0 Å². The number of hydrogen-bond donors (Lipinski definition) is 3. The summed E-state index contributed by atoms with van der Waals surface area (Å²) in [6, 6.07) is 24.4. The summed E-state index contributed by atoms with van der Waals surface area (Å²) in [4.78, 5) is 72.3. The molecule has 340 valence electrons. The number of amides is 2. The molecule has 2 amide bonds. The Morgan fingerprint density at radius 3 is 1.68 bits per heavy atom. The molecule has 4 rings (SSSR count). The highest BCUT2D eigenvalue weighted by Crippen LogP contribution is 2.21. The molecule has 3 aromatic carbocycles. The molecule has 3 N–H and O–H groups in total. The lowest BCUT2D eigenvalue weighted by molar-refractivity contribution is -0.149. The van der Waals surface area contributed by atoms with Gasteiger partial charge in [0.15, 0.2) is 0 Å². The van der Waals surface area contributed by atoms with Crippen molar-refractivity contribution >= 4 is 81.2 Å². The van der Waals surface area contributed by atoms with Crippen molar-refractivity contribution in [1.29, 1.82) is 0 Å². The molecule has 0 spiro atoms. The number of aromatic carboxylic acids is 1. The summed E-state index contributed by atoms with van der Waals surface area (Å²) in [6.45, 7) is 7.57. The fraction of sp³-hybridized carbons (Fsp3) is 0.378. The van der Waals surface area contributed by atoms with Crippen LogP contribution in [0.5, 0.6) is 5.75 Å². The smallest absolute Gasteiger partial charge is 0.408 e. The number of esters is 3. The summed E-state index contributed by atoms with van der Waals surface area (Å²) < 4.78 is 37.4. The Kier molecular flexibility index (Phi) is 23.4. The van der Waals surface area contributed by atoms with Gasteiger partial charge in [-0.3, -0.25) is 0 Å². The molecule has 0 saturated carbocycles. The van der Waals surface area contributed by atoms with Crippen molar-refractivity contribution in [2.45, 2.75) is 76.9 Å². The van der Waals surface area contributed by atoms with Gasteiger partial charge in [0.1, 0.15) is 61.2 Å². The van der Waals surface area contributed by atoms with Crippen LogP contribution in [0, 0.1) is 11.8 Å². The van der Waals surface area contributed by atoms with Gasteiger partial charge in [0.25, 0.3) is 0 Å². The van der Waals surface area contributed by atoms with Gasteiger partial charge >= 0.3 is 36.1 Å². The molecule has 0 aliphatic carbocycles. The molecule has 18 heteroatoms. The summed E-state index contributed by atoms with van der Waals surface area (Å²) in [5, 5.41) is 14.4. The number of benzene rings is 3. The van der Waals surface area contributed by atoms with E-state index in [0.717, 1.165) is 11.1 Å². The number of alkyl halides is 2. The molecule has 0 unspecified atom stereocenters. The van der Waals surface area contributed by atoms with Crippen LogP contribution in [0.3, 0.4) is 0 Å². The van der Waals surface area contributed by atoms with Crippen LogP contribution in [0.15, 0.2) is 95.4 Å². The van der Waals surface area contributed by atoms with Gasteiger partial charge in [0.05, 0.1) is 5.56 Å². The Bertz CT molecular complexity index is 2060. The average Bonchev–Trinajstić information content (AvgIpc) is 3.79. The van der Waals surface area contributed by atoms with Gasteiger partial charge in [-0.05, 0) is 81.4 Å². The van der Waals surface area contributed by atoms with E-state index in [1.165, 1.54) is 18.2 Å². The van der Waals surface area contributed by atoms with Crippen LogP contribution in [-0.2, 0) is 57.5 Å². The van der Waals surface area contributed by atoms with E-state index in [1.807, 2.05) is 111 Å². The van der Waals surface area contributed by atoms with E-state index in [0.29, 0.717) is 34.3 Å². The molecular weight excluding hydrogens is 1050 g/mol. The molecule has 4 atom stereocenters. The maximum atomic E-state index is 12.6. The first kappa shape index (κ1) is 52.0. The Balaban J connectivity index is 0.000000337. The minimum Gasteiger partial charge on any atom is -0.490 e. The summed E-state index contributed by atoms with van der Waals surface area (Å²) in [7, 11) is 0. The van der Waals surface area contributed by atoms with E-state index < -0.39 is 48.1 Å². The molecule has 63 heavy (non-hydrogen) atoms. The minimum absolute atomic E-state index is 0.0211. The van der Waals surface area contributed by atoms with Gasteiger partial charge in [-0.2, -0.15) is 0 Å². The number of nitrogens with one attached hydrogen (secondary N) is 2. The number of carboxylic acids is 1. The van der Waals surface area contributed by atoms with E-state index in [4.69, 9.17) is 32.8 Å². The molecule has 4 aromatic rings. The molecule has 1 heterocycles. The van der Waals surface area contributed by atoms with Crippen molar-refractivity contribution in [2.24, 2.45) is 11.8 Å². The highest BCUT2D eigenvalue weighted by molar-refractivity contribution is 14.1. The van der Waals surface area contributed by atoms with Gasteiger partial charge in [-0.25, -0.2) is 28.8 Å². The fourth-order valence-corrected chi connectivity index (χ4v) is 6.32. The van der Waals surface area contributed by atoms with Crippen LogP contribution < -0.4 is 15.4 Å². The Hall–Kier alpha value is -5.38. The van der Waals surface area contributed by atoms with E-state index in [9.17, 15) is 33.9 Å². The molecule has 0 aliphatic heterocycles. The molecule has 0 fully saturated rings. The fourth-order valence-electron chi connectivity index (χ4n) is 5.41. The number of alkyl carbamates (subject to hydrolysis) is 2. The quantitative estimate of drug-likeness (QED) is 0.0221. The lowest BCUT2D eigenvalue weighted by Gasteiger charge is -2.22. The number of carbonyl (C=O) groups excluding carboxylic acids is 5. The van der Waals surface area contributed by atoms with Crippen LogP contribution in [0.4, 0.5) is 9.59 Å². The number of rotatable bonds is 22. The number of ether oxygens (including phenoxy) is 6. The van der Waals surface area contributed by atoms with Gasteiger partial charge < -0.3 is 48.6 Å². The third-order valence-electron chi connectivity index (χ3n) is 9.36. The monoisotopic (exact) mass is 1100 g/mol. The van der Waals surface area contributed by atoms with Crippen molar-refractivity contribution in [1.82, 2.24) is 10.6 Å². The number of carbonyl (C=O) groups is 6. The molecule has 0 aliphatic rings. The molecule has 16 nitrogen and oxygen atoms in total. The van der Waals surface area contributed by atoms with Crippen LogP contribution >= 0.6 is 45.2 Å². The predicted molar refractivity (Wildman–Crippen MR) is 246 cm³/mol. The lowest BCUT2D eigenvalue weighted by atomic mass is 9.99. The number of halogens is 2. The summed E-state index contributed by atoms with van der Waals surface area (Å²) >= 11 is 3.98. The zero-order valence-corrected chi connectivity index (χ0v) is 39.7. The van der Waals surface area contributed by atoms with Crippen molar-refractivity contribution in [3.8, 4) is 5.75 Å². The molecular formula is C45H52I2N2O14. The minimum atomic E-state index is -0.993. The third kappa shape index (κ3) is 18.5. The second kappa shape index (κ2) is 28.3. The Morgan fingerprint density at radius 1 is 0.651 bits per heavy atom. The van der Waals surface area contributed by atoms with E-state index in [1.54, 1.807) is 12.1 Å². The number of furan rings is 1. The lowest BCUT2D eigenvalue weighted by Crippen LogP contribution is -2.46. The Morgan fingerprint density at radius 2 is 1.19 bits per heavy atom.